The molecule has 1 heterocycles. The highest BCUT2D eigenvalue weighted by molar-refractivity contribution is 5.44. The zero-order valence-corrected chi connectivity index (χ0v) is 18.6. The predicted octanol–water partition coefficient (Wildman–Crippen LogP) is 6.65. The van der Waals surface area contributed by atoms with E-state index >= 15 is 0 Å². The van der Waals surface area contributed by atoms with E-state index in [1.807, 2.05) is 36.4 Å². The van der Waals surface area contributed by atoms with Crippen LogP contribution in [-0.4, -0.2) is 26.4 Å². The van der Waals surface area contributed by atoms with Gasteiger partial charge in [0.1, 0.15) is 23.0 Å². The van der Waals surface area contributed by atoms with E-state index in [9.17, 15) is 0 Å². The van der Waals surface area contributed by atoms with Crippen LogP contribution in [0.5, 0.6) is 23.0 Å². The van der Waals surface area contributed by atoms with Gasteiger partial charge in [0.15, 0.2) is 0 Å². The lowest BCUT2D eigenvalue weighted by Gasteiger charge is -2.15. The number of ether oxygens (including phenoxy) is 4. The zero-order valence-electron chi connectivity index (χ0n) is 18.6. The monoisotopic (exact) mass is 412 g/mol. The van der Waals surface area contributed by atoms with Crippen LogP contribution in [0.2, 0.25) is 0 Å². The summed E-state index contributed by atoms with van der Waals surface area (Å²) in [6.45, 7) is 7.11. The first-order valence-corrected chi connectivity index (χ1v) is 11.5. The first kappa shape index (κ1) is 22.3. The van der Waals surface area contributed by atoms with Crippen molar-refractivity contribution >= 4 is 0 Å². The molecule has 0 atom stereocenters. The number of fused-ring (bicyclic) bond motifs is 4. The zero-order chi connectivity index (χ0) is 21.0. The fourth-order valence-corrected chi connectivity index (χ4v) is 3.66. The summed E-state index contributed by atoms with van der Waals surface area (Å²) in [6.07, 6.45) is 8.75. The number of hydrogen-bond donors (Lipinski definition) is 0. The van der Waals surface area contributed by atoms with Gasteiger partial charge < -0.3 is 18.9 Å². The van der Waals surface area contributed by atoms with Crippen molar-refractivity contribution in [2.45, 2.75) is 65.2 Å². The smallest absolute Gasteiger partial charge is 0.125 e. The summed E-state index contributed by atoms with van der Waals surface area (Å²) in [5.41, 5.74) is 2.19. The highest BCUT2D eigenvalue weighted by atomic mass is 16.5. The van der Waals surface area contributed by atoms with Gasteiger partial charge in [-0.05, 0) is 89.5 Å². The minimum absolute atomic E-state index is 0.740. The molecule has 4 nitrogen and oxygen atoms in total. The van der Waals surface area contributed by atoms with Crippen molar-refractivity contribution in [1.82, 2.24) is 0 Å². The van der Waals surface area contributed by atoms with E-state index in [1.165, 1.54) is 0 Å². The fraction of sp³-hybridized carbons (Fsp3) is 0.538. The molecule has 2 aromatic carbocycles. The maximum atomic E-state index is 6.01. The molecule has 0 saturated carbocycles. The molecule has 0 aliphatic carbocycles. The Morgan fingerprint density at radius 3 is 0.967 bits per heavy atom. The van der Waals surface area contributed by atoms with Crippen molar-refractivity contribution in [3.8, 4) is 23.0 Å². The second-order valence-corrected chi connectivity index (χ2v) is 7.98. The lowest BCUT2D eigenvalue weighted by molar-refractivity contribution is 0.270. The van der Waals surface area contributed by atoms with Crippen LogP contribution in [0.4, 0.5) is 0 Å². The average Bonchev–Trinajstić information content (AvgIpc) is 2.75. The minimum atomic E-state index is 0.740. The van der Waals surface area contributed by atoms with Gasteiger partial charge >= 0.3 is 0 Å². The van der Waals surface area contributed by atoms with E-state index in [4.69, 9.17) is 18.9 Å². The molecule has 0 unspecified atom stereocenters. The molecule has 0 aromatic heterocycles. The molecule has 30 heavy (non-hydrogen) atoms. The first-order valence-electron chi connectivity index (χ1n) is 11.5. The van der Waals surface area contributed by atoms with Crippen LogP contribution >= 0.6 is 0 Å². The lowest BCUT2D eigenvalue weighted by Crippen LogP contribution is -2.04. The van der Waals surface area contributed by atoms with Gasteiger partial charge in [0, 0.05) is 11.1 Å². The molecule has 0 N–H and O–H groups in total. The Hall–Kier alpha value is -2.36. The minimum Gasteiger partial charge on any atom is -0.493 e. The first-order chi connectivity index (χ1) is 14.8. The van der Waals surface area contributed by atoms with Gasteiger partial charge in [0.05, 0.1) is 26.4 Å². The molecule has 4 bridgehead atoms. The third-order valence-corrected chi connectivity index (χ3v) is 5.58. The predicted molar refractivity (Wildman–Crippen MR) is 121 cm³/mol. The molecule has 2 aromatic rings. The largest absolute Gasteiger partial charge is 0.493 e. The Morgan fingerprint density at radius 1 is 0.433 bits per heavy atom. The molecule has 0 spiro atoms. The highest BCUT2D eigenvalue weighted by Gasteiger charge is 2.08. The molecule has 4 heteroatoms. The number of benzene rings is 2. The van der Waals surface area contributed by atoms with Crippen molar-refractivity contribution in [3.63, 3.8) is 0 Å². The van der Waals surface area contributed by atoms with Gasteiger partial charge in [-0.1, -0.05) is 12.1 Å². The Morgan fingerprint density at radius 2 is 0.700 bits per heavy atom. The lowest BCUT2D eigenvalue weighted by atomic mass is 10.1. The van der Waals surface area contributed by atoms with Crippen LogP contribution in [0.15, 0.2) is 36.4 Å². The molecule has 0 radical (unpaired) electrons. The standard InChI is InChI=1S/C26H36O4/c1-21-23-13-11-14-24(21)28-18-8-4-6-10-20-30-26-16-12-15-25(22(26)2)29-19-9-5-3-7-17-27-23/h11-16H,3-10,17-20H2,1-2H3. The van der Waals surface area contributed by atoms with Crippen molar-refractivity contribution in [1.29, 1.82) is 0 Å². The Labute approximate surface area is 181 Å². The quantitative estimate of drug-likeness (QED) is 0.485. The van der Waals surface area contributed by atoms with Crippen LogP contribution < -0.4 is 18.9 Å². The molecule has 3 rings (SSSR count). The Kier molecular flexibility index (Phi) is 9.20. The van der Waals surface area contributed by atoms with E-state index in [-0.39, 0.29) is 0 Å². The van der Waals surface area contributed by atoms with Crippen molar-refractivity contribution in [2.24, 2.45) is 0 Å². The fourth-order valence-electron chi connectivity index (χ4n) is 3.66. The molecule has 0 fully saturated rings. The van der Waals surface area contributed by atoms with Crippen LogP contribution in [0.1, 0.15) is 62.5 Å². The third-order valence-electron chi connectivity index (χ3n) is 5.58. The summed E-state index contributed by atoms with van der Waals surface area (Å²) in [4.78, 5) is 0. The maximum Gasteiger partial charge on any atom is 0.125 e. The average molecular weight is 413 g/mol. The van der Waals surface area contributed by atoms with Crippen molar-refractivity contribution in [3.05, 3.63) is 47.5 Å². The normalized spacial score (nSPS) is 17.1. The SMILES string of the molecule is Cc1c2cccc1OCCCCCCOc1cccc(c1C)OCCCCCCO2. The van der Waals surface area contributed by atoms with Gasteiger partial charge in [0.25, 0.3) is 0 Å². The van der Waals surface area contributed by atoms with Crippen molar-refractivity contribution in [2.75, 3.05) is 26.4 Å². The second-order valence-electron chi connectivity index (χ2n) is 7.98. The van der Waals surface area contributed by atoms with Crippen LogP contribution in [0.3, 0.4) is 0 Å². The van der Waals surface area contributed by atoms with Crippen LogP contribution in [-0.2, 0) is 0 Å². The summed E-state index contributed by atoms with van der Waals surface area (Å²) >= 11 is 0. The topological polar surface area (TPSA) is 36.9 Å². The summed E-state index contributed by atoms with van der Waals surface area (Å²) in [5.74, 6) is 3.74. The summed E-state index contributed by atoms with van der Waals surface area (Å²) in [5, 5.41) is 0. The summed E-state index contributed by atoms with van der Waals surface area (Å²) < 4.78 is 24.0. The van der Waals surface area contributed by atoms with E-state index in [0.29, 0.717) is 0 Å². The van der Waals surface area contributed by atoms with Gasteiger partial charge in [-0.25, -0.2) is 0 Å². The molecule has 1 aliphatic rings. The van der Waals surface area contributed by atoms with Gasteiger partial charge in [-0.15, -0.1) is 0 Å². The summed E-state index contributed by atoms with van der Waals surface area (Å²) in [7, 11) is 0. The van der Waals surface area contributed by atoms with E-state index in [2.05, 4.69) is 13.8 Å². The Bertz CT molecular complexity index is 650. The van der Waals surface area contributed by atoms with E-state index in [1.54, 1.807) is 0 Å². The maximum absolute atomic E-state index is 6.01. The molecule has 0 amide bonds. The second kappa shape index (κ2) is 12.4. The molecule has 0 saturated heterocycles. The van der Waals surface area contributed by atoms with E-state index < -0.39 is 0 Å². The molecular weight excluding hydrogens is 376 g/mol. The van der Waals surface area contributed by atoms with E-state index in [0.717, 1.165) is 112 Å². The summed E-state index contributed by atoms with van der Waals surface area (Å²) in [6, 6.07) is 12.2. The molecular formula is C26H36O4. The highest BCUT2D eigenvalue weighted by Crippen LogP contribution is 2.29. The van der Waals surface area contributed by atoms with Gasteiger partial charge in [0.2, 0.25) is 0 Å². The van der Waals surface area contributed by atoms with Gasteiger partial charge in [-0.2, -0.15) is 0 Å². The molecule has 1 aliphatic heterocycles. The molecule has 164 valence electrons. The Balaban J connectivity index is 1.55. The van der Waals surface area contributed by atoms with Crippen LogP contribution in [0.25, 0.3) is 0 Å². The number of hydrogen-bond acceptors (Lipinski definition) is 4. The van der Waals surface area contributed by atoms with Crippen LogP contribution in [0, 0.1) is 13.8 Å². The number of rotatable bonds is 0. The third kappa shape index (κ3) is 6.86. The van der Waals surface area contributed by atoms with Crippen molar-refractivity contribution < 1.29 is 18.9 Å². The van der Waals surface area contributed by atoms with Gasteiger partial charge in [-0.3, -0.25) is 0 Å².